The van der Waals surface area contributed by atoms with Gasteiger partial charge in [-0.25, -0.2) is 0 Å². The summed E-state index contributed by atoms with van der Waals surface area (Å²) in [4.78, 5) is 35.3. The topological polar surface area (TPSA) is 89.7 Å². The van der Waals surface area contributed by atoms with Gasteiger partial charge in [0.15, 0.2) is 0 Å². The third-order valence-electron chi connectivity index (χ3n) is 2.78. The lowest BCUT2D eigenvalue weighted by molar-refractivity contribution is -0.145. The zero-order valence-corrected chi connectivity index (χ0v) is 11.2. The Bertz CT molecular complexity index is 335. The number of methoxy groups -OCH3 is 1. The molecule has 0 aromatic heterocycles. The molecule has 1 atom stereocenters. The summed E-state index contributed by atoms with van der Waals surface area (Å²) < 4.78 is 4.65. The Hall–Kier alpha value is -1.24. The van der Waals surface area contributed by atoms with Gasteiger partial charge in [0, 0.05) is 25.3 Å². The average Bonchev–Trinajstić information content (AvgIpc) is 2.82. The zero-order chi connectivity index (χ0) is 13.5. The molecule has 7 heteroatoms. The largest absolute Gasteiger partial charge is 0.469 e. The maximum Gasteiger partial charge on any atom is 0.310 e. The Labute approximate surface area is 110 Å². The van der Waals surface area contributed by atoms with Crippen molar-refractivity contribution in [2.45, 2.75) is 12.8 Å². The number of carbonyl (C=O) groups excluding carboxylic acids is 3. The van der Waals surface area contributed by atoms with Crippen molar-refractivity contribution in [1.29, 1.82) is 0 Å². The first kappa shape index (κ1) is 14.8. The van der Waals surface area contributed by atoms with Gasteiger partial charge in [-0.05, 0) is 6.42 Å². The lowest BCUT2D eigenvalue weighted by Gasteiger charge is -2.15. The van der Waals surface area contributed by atoms with Crippen LogP contribution in [0.5, 0.6) is 0 Å². The molecule has 1 aliphatic heterocycles. The van der Waals surface area contributed by atoms with Crippen molar-refractivity contribution in [3.63, 3.8) is 0 Å². The molecular weight excluding hydrogens is 256 g/mol. The van der Waals surface area contributed by atoms with Crippen LogP contribution in [0.2, 0.25) is 0 Å². The zero-order valence-electron chi connectivity index (χ0n) is 10.4. The van der Waals surface area contributed by atoms with E-state index < -0.39 is 0 Å². The van der Waals surface area contributed by atoms with Gasteiger partial charge < -0.3 is 15.4 Å². The first-order valence-corrected chi connectivity index (χ1v) is 6.91. The minimum Gasteiger partial charge on any atom is -0.469 e. The van der Waals surface area contributed by atoms with Crippen molar-refractivity contribution in [3.8, 4) is 0 Å². The lowest BCUT2D eigenvalue weighted by Crippen LogP contribution is -2.30. The van der Waals surface area contributed by atoms with Gasteiger partial charge in [0.1, 0.15) is 0 Å². The molecule has 0 aromatic carbocycles. The molecule has 2 N–H and O–H groups in total. The summed E-state index contributed by atoms with van der Waals surface area (Å²) in [6.45, 7) is 1.03. The molecule has 0 bridgehead atoms. The van der Waals surface area contributed by atoms with Crippen LogP contribution >= 0.6 is 11.8 Å². The molecule has 0 spiro atoms. The predicted octanol–water partition coefficient (Wildman–Crippen LogP) is -0.383. The number of likely N-dealkylation sites (tertiary alicyclic amines) is 1. The summed E-state index contributed by atoms with van der Waals surface area (Å²) >= 11 is 1.35. The van der Waals surface area contributed by atoms with E-state index in [-0.39, 0.29) is 29.5 Å². The minimum absolute atomic E-state index is 0.0124. The first-order chi connectivity index (χ1) is 8.54. The molecule has 0 aromatic rings. The SMILES string of the molecule is COC(=O)C1CCN(C(=O)CCSCC(N)=O)C1. The Morgan fingerprint density at radius 2 is 2.17 bits per heavy atom. The van der Waals surface area contributed by atoms with E-state index in [0.717, 1.165) is 0 Å². The van der Waals surface area contributed by atoms with E-state index >= 15 is 0 Å². The number of hydrogen-bond acceptors (Lipinski definition) is 5. The summed E-state index contributed by atoms with van der Waals surface area (Å²) in [6, 6.07) is 0. The van der Waals surface area contributed by atoms with Gasteiger partial charge in [-0.3, -0.25) is 14.4 Å². The van der Waals surface area contributed by atoms with Crippen molar-refractivity contribution in [3.05, 3.63) is 0 Å². The molecule has 0 aliphatic carbocycles. The third kappa shape index (κ3) is 4.56. The lowest BCUT2D eigenvalue weighted by atomic mass is 10.1. The maximum atomic E-state index is 11.8. The highest BCUT2D eigenvalue weighted by Crippen LogP contribution is 2.18. The normalized spacial score (nSPS) is 18.7. The molecule has 6 nitrogen and oxygen atoms in total. The van der Waals surface area contributed by atoms with E-state index in [9.17, 15) is 14.4 Å². The van der Waals surface area contributed by atoms with Gasteiger partial charge in [-0.15, -0.1) is 0 Å². The number of amides is 2. The minimum atomic E-state index is -0.376. The molecule has 18 heavy (non-hydrogen) atoms. The van der Waals surface area contributed by atoms with Gasteiger partial charge in [0.05, 0.1) is 18.8 Å². The predicted molar refractivity (Wildman–Crippen MR) is 67.8 cm³/mol. The molecule has 0 saturated carbocycles. The Morgan fingerprint density at radius 1 is 1.44 bits per heavy atom. The van der Waals surface area contributed by atoms with Crippen molar-refractivity contribution in [2.24, 2.45) is 11.7 Å². The summed E-state index contributed by atoms with van der Waals surface area (Å²) in [5.74, 6) is -0.0115. The number of carbonyl (C=O) groups is 3. The quantitative estimate of drug-likeness (QED) is 0.526. The van der Waals surface area contributed by atoms with E-state index in [1.165, 1.54) is 18.9 Å². The van der Waals surface area contributed by atoms with Crippen LogP contribution in [0.15, 0.2) is 0 Å². The summed E-state index contributed by atoms with van der Waals surface area (Å²) in [7, 11) is 1.35. The smallest absolute Gasteiger partial charge is 0.310 e. The molecule has 1 heterocycles. The number of ether oxygens (including phenoxy) is 1. The molecule has 1 saturated heterocycles. The Balaban J connectivity index is 2.23. The highest BCUT2D eigenvalue weighted by molar-refractivity contribution is 7.99. The molecule has 1 rings (SSSR count). The Kier molecular flexibility index (Phi) is 5.97. The van der Waals surface area contributed by atoms with Crippen LogP contribution in [0.1, 0.15) is 12.8 Å². The standard InChI is InChI=1S/C11H18N2O4S/c1-17-11(16)8-2-4-13(6-8)10(15)3-5-18-7-9(12)14/h8H,2-7H2,1H3,(H2,12,14). The fourth-order valence-corrected chi connectivity index (χ4v) is 2.50. The van der Waals surface area contributed by atoms with Gasteiger partial charge >= 0.3 is 5.97 Å². The first-order valence-electron chi connectivity index (χ1n) is 5.76. The highest BCUT2D eigenvalue weighted by Gasteiger charge is 2.31. The van der Waals surface area contributed by atoms with Gasteiger partial charge in [0.2, 0.25) is 11.8 Å². The number of esters is 1. The van der Waals surface area contributed by atoms with E-state index in [0.29, 0.717) is 31.7 Å². The number of rotatable bonds is 6. The van der Waals surface area contributed by atoms with Crippen molar-refractivity contribution in [1.82, 2.24) is 4.90 Å². The summed E-state index contributed by atoms with van der Waals surface area (Å²) in [6.07, 6.45) is 1.03. The third-order valence-corrected chi connectivity index (χ3v) is 3.76. The van der Waals surface area contributed by atoms with Crippen LogP contribution in [0.25, 0.3) is 0 Å². The molecule has 0 radical (unpaired) electrons. The average molecular weight is 274 g/mol. The second kappa shape index (κ2) is 7.25. The van der Waals surface area contributed by atoms with Crippen LogP contribution in [-0.4, -0.2) is 54.4 Å². The number of nitrogens with zero attached hydrogens (tertiary/aromatic N) is 1. The van der Waals surface area contributed by atoms with E-state index in [4.69, 9.17) is 5.73 Å². The molecular formula is C11H18N2O4S. The van der Waals surface area contributed by atoms with Crippen molar-refractivity contribution < 1.29 is 19.1 Å². The van der Waals surface area contributed by atoms with Crippen LogP contribution in [-0.2, 0) is 19.1 Å². The monoisotopic (exact) mass is 274 g/mol. The maximum absolute atomic E-state index is 11.8. The van der Waals surface area contributed by atoms with Gasteiger partial charge in [-0.1, -0.05) is 0 Å². The summed E-state index contributed by atoms with van der Waals surface area (Å²) in [5, 5.41) is 0. The molecule has 1 fully saturated rings. The highest BCUT2D eigenvalue weighted by atomic mass is 32.2. The molecule has 1 unspecified atom stereocenters. The second-order valence-corrected chi connectivity index (χ2v) is 5.22. The van der Waals surface area contributed by atoms with Crippen LogP contribution in [0, 0.1) is 5.92 Å². The summed E-state index contributed by atoms with van der Waals surface area (Å²) in [5.41, 5.74) is 4.99. The van der Waals surface area contributed by atoms with Crippen LogP contribution in [0.3, 0.4) is 0 Å². The Morgan fingerprint density at radius 3 is 2.78 bits per heavy atom. The number of thioether (sulfide) groups is 1. The van der Waals surface area contributed by atoms with E-state index in [1.807, 2.05) is 0 Å². The fraction of sp³-hybridized carbons (Fsp3) is 0.727. The van der Waals surface area contributed by atoms with Crippen molar-refractivity contribution >= 4 is 29.5 Å². The van der Waals surface area contributed by atoms with Gasteiger partial charge in [0.25, 0.3) is 0 Å². The molecule has 2 amide bonds. The van der Waals surface area contributed by atoms with E-state index in [2.05, 4.69) is 4.74 Å². The molecule has 102 valence electrons. The van der Waals surface area contributed by atoms with Crippen molar-refractivity contribution in [2.75, 3.05) is 31.7 Å². The van der Waals surface area contributed by atoms with Crippen LogP contribution in [0.4, 0.5) is 0 Å². The van der Waals surface area contributed by atoms with E-state index in [1.54, 1.807) is 4.90 Å². The molecule has 1 aliphatic rings. The fourth-order valence-electron chi connectivity index (χ4n) is 1.84. The second-order valence-electron chi connectivity index (χ2n) is 4.12. The number of primary amides is 1. The van der Waals surface area contributed by atoms with Gasteiger partial charge in [-0.2, -0.15) is 11.8 Å². The van der Waals surface area contributed by atoms with Crippen LogP contribution < -0.4 is 5.73 Å². The number of nitrogens with two attached hydrogens (primary N) is 1. The number of hydrogen-bond donors (Lipinski definition) is 1.